The topological polar surface area (TPSA) is 117 Å². The lowest BCUT2D eigenvalue weighted by Crippen LogP contribution is -2.53. The molecule has 1 fully saturated rings. The molecular formula is C61H95N3O5. The number of carbonyl (C=O) groups is 2. The molecule has 2 aromatic rings. The fourth-order valence-electron chi connectivity index (χ4n) is 10.2. The van der Waals surface area contributed by atoms with Gasteiger partial charge in [-0.15, -0.1) is 0 Å². The van der Waals surface area contributed by atoms with E-state index in [9.17, 15) is 4.79 Å². The van der Waals surface area contributed by atoms with Crippen molar-refractivity contribution < 1.29 is 23.8 Å². The molecule has 1 aliphatic heterocycles. The van der Waals surface area contributed by atoms with Crippen molar-refractivity contribution in [3.8, 4) is 11.1 Å². The van der Waals surface area contributed by atoms with Gasteiger partial charge in [0, 0.05) is 38.6 Å². The van der Waals surface area contributed by atoms with Gasteiger partial charge in [0.15, 0.2) is 5.60 Å². The molecule has 384 valence electrons. The number of fused-ring (bicyclic) bond motifs is 3. The maximum atomic E-state index is 15.2. The van der Waals surface area contributed by atoms with Crippen LogP contribution in [0.2, 0.25) is 0 Å². The summed E-state index contributed by atoms with van der Waals surface area (Å²) in [5.74, 6) is -0.366. The minimum Gasteiger partial charge on any atom is -0.433 e. The lowest BCUT2D eigenvalue weighted by atomic mass is 9.80. The second kappa shape index (κ2) is 36.0. The number of allylic oxidation sites excluding steroid dienone is 8. The van der Waals surface area contributed by atoms with Crippen molar-refractivity contribution in [3.63, 3.8) is 0 Å². The van der Waals surface area contributed by atoms with Crippen LogP contribution in [0.15, 0.2) is 97.1 Å². The van der Waals surface area contributed by atoms with E-state index < -0.39 is 11.7 Å². The largest absolute Gasteiger partial charge is 0.433 e. The molecule has 0 spiro atoms. The van der Waals surface area contributed by atoms with Gasteiger partial charge in [0.2, 0.25) is 0 Å². The fourth-order valence-corrected chi connectivity index (χ4v) is 10.2. The van der Waals surface area contributed by atoms with Crippen molar-refractivity contribution >= 4 is 12.0 Å². The third-order valence-electron chi connectivity index (χ3n) is 14.1. The molecule has 4 rings (SSSR count). The van der Waals surface area contributed by atoms with Crippen LogP contribution in [0, 0.1) is 0 Å². The standard InChI is InChI=1S/C61H95N3O5/c1-3-5-7-9-11-13-15-17-19-21-23-25-27-29-31-39-47-67-57-50-64(51-58(57)68-48-40-32-30-28-26-24-22-20-18-16-14-12-10-8-6-4-2)59(65)61(69-60(63)66,45-37-38-46-62)49-56-54-43-35-33-41-52(54)53-42-34-36-44-55(53)56/h11-14,17-20,33-36,41-44,56-58H,3-10,15-16,21-32,37-40,45-51,62H2,1-2H3,(H2,63,66)/t57?,58?,61-/m0/s1. The Morgan fingerprint density at radius 3 is 1.42 bits per heavy atom. The first-order valence-corrected chi connectivity index (χ1v) is 27.9. The van der Waals surface area contributed by atoms with E-state index in [0.29, 0.717) is 58.5 Å². The molecule has 8 nitrogen and oxygen atoms in total. The van der Waals surface area contributed by atoms with Crippen LogP contribution in [-0.4, -0.2) is 67.6 Å². The van der Waals surface area contributed by atoms with Crippen LogP contribution in [0.5, 0.6) is 0 Å². The molecule has 1 aliphatic carbocycles. The zero-order valence-electron chi connectivity index (χ0n) is 43.4. The maximum absolute atomic E-state index is 15.2. The molecular weight excluding hydrogens is 855 g/mol. The molecule has 3 atom stereocenters. The summed E-state index contributed by atoms with van der Waals surface area (Å²) in [4.78, 5) is 29.9. The zero-order chi connectivity index (χ0) is 49.0. The summed E-state index contributed by atoms with van der Waals surface area (Å²) < 4.78 is 19.4. The van der Waals surface area contributed by atoms with Crippen molar-refractivity contribution in [2.75, 3.05) is 32.8 Å². The molecule has 4 N–H and O–H groups in total. The van der Waals surface area contributed by atoms with Gasteiger partial charge in [0.05, 0.1) is 0 Å². The van der Waals surface area contributed by atoms with E-state index in [4.69, 9.17) is 25.7 Å². The molecule has 1 saturated heterocycles. The number of hydrogen-bond donors (Lipinski definition) is 2. The second-order valence-corrected chi connectivity index (χ2v) is 19.8. The Morgan fingerprint density at radius 2 is 0.986 bits per heavy atom. The molecule has 2 unspecified atom stereocenters. The number of ether oxygens (including phenoxy) is 3. The van der Waals surface area contributed by atoms with Crippen molar-refractivity contribution in [2.24, 2.45) is 11.5 Å². The number of carbonyl (C=O) groups excluding carboxylic acids is 2. The minimum atomic E-state index is -1.48. The summed E-state index contributed by atoms with van der Waals surface area (Å²) in [6, 6.07) is 16.7. The Labute approximate surface area is 420 Å². The van der Waals surface area contributed by atoms with Gasteiger partial charge >= 0.3 is 6.09 Å². The predicted molar refractivity (Wildman–Crippen MR) is 289 cm³/mol. The highest BCUT2D eigenvalue weighted by molar-refractivity contribution is 5.89. The Kier molecular flexibility index (Phi) is 30.1. The van der Waals surface area contributed by atoms with Gasteiger partial charge in [-0.05, 0) is 125 Å². The van der Waals surface area contributed by atoms with E-state index in [-0.39, 0.29) is 24.0 Å². The van der Waals surface area contributed by atoms with Crippen molar-refractivity contribution in [3.05, 3.63) is 108 Å². The fraction of sp³-hybridized carbons (Fsp3) is 0.639. The van der Waals surface area contributed by atoms with E-state index in [1.807, 2.05) is 29.2 Å². The number of primary amides is 1. The van der Waals surface area contributed by atoms with Gasteiger partial charge in [-0.1, -0.05) is 188 Å². The van der Waals surface area contributed by atoms with Crippen LogP contribution >= 0.6 is 0 Å². The average Bonchev–Trinajstić information content (AvgIpc) is 3.91. The Morgan fingerprint density at radius 1 is 0.565 bits per heavy atom. The lowest BCUT2D eigenvalue weighted by Gasteiger charge is -2.37. The Hall–Kier alpha value is -3.98. The number of nitrogens with zero attached hydrogens (tertiary/aromatic N) is 1. The lowest BCUT2D eigenvalue weighted by molar-refractivity contribution is -0.153. The average molecular weight is 950 g/mol. The monoisotopic (exact) mass is 950 g/mol. The second-order valence-electron chi connectivity index (χ2n) is 19.8. The molecule has 0 saturated carbocycles. The predicted octanol–water partition coefficient (Wildman–Crippen LogP) is 15.4. The molecule has 0 aromatic heterocycles. The maximum Gasteiger partial charge on any atom is 0.405 e. The van der Waals surface area contributed by atoms with E-state index >= 15 is 4.79 Å². The number of likely N-dealkylation sites (tertiary alicyclic amines) is 1. The van der Waals surface area contributed by atoms with Crippen molar-refractivity contribution in [1.82, 2.24) is 4.90 Å². The third kappa shape index (κ3) is 21.9. The normalized spacial score (nSPS) is 16.9. The first-order chi connectivity index (χ1) is 33.9. The van der Waals surface area contributed by atoms with Crippen LogP contribution in [0.1, 0.15) is 211 Å². The summed E-state index contributed by atoms with van der Waals surface area (Å²) in [5.41, 5.74) is 15.0. The highest BCUT2D eigenvalue weighted by Crippen LogP contribution is 2.49. The van der Waals surface area contributed by atoms with Gasteiger partial charge < -0.3 is 30.6 Å². The van der Waals surface area contributed by atoms with E-state index in [2.05, 4.69) is 86.7 Å². The molecule has 0 bridgehead atoms. The molecule has 0 radical (unpaired) electrons. The SMILES string of the molecule is CCCCCC=CCC=CCCCCCCCCOC1CN(C(=O)[C@](CCCCN)(CC2c3ccccc3-c3ccccc32)OC(N)=O)CC1OCCCCCCCCC=CCC=CCCCCC. The quantitative estimate of drug-likeness (QED) is 0.0508. The van der Waals surface area contributed by atoms with Crippen LogP contribution in [0.25, 0.3) is 11.1 Å². The highest BCUT2D eigenvalue weighted by Gasteiger charge is 2.50. The van der Waals surface area contributed by atoms with Gasteiger partial charge in [-0.25, -0.2) is 4.79 Å². The smallest absolute Gasteiger partial charge is 0.405 e. The summed E-state index contributed by atoms with van der Waals surface area (Å²) in [6.45, 7) is 7.00. The van der Waals surface area contributed by atoms with Crippen LogP contribution in [0.4, 0.5) is 4.79 Å². The molecule has 2 aromatic carbocycles. The van der Waals surface area contributed by atoms with E-state index in [0.717, 1.165) is 73.6 Å². The number of hydrogen-bond acceptors (Lipinski definition) is 6. The summed E-state index contributed by atoms with van der Waals surface area (Å²) >= 11 is 0. The number of nitrogens with two attached hydrogens (primary N) is 2. The first kappa shape index (κ1) is 57.6. The Balaban J connectivity index is 1.31. The number of benzene rings is 2. The number of unbranched alkanes of at least 4 members (excludes halogenated alkanes) is 19. The molecule has 8 heteroatoms. The molecule has 2 amide bonds. The van der Waals surface area contributed by atoms with Gasteiger partial charge in [0.25, 0.3) is 5.91 Å². The van der Waals surface area contributed by atoms with Gasteiger partial charge in [-0.2, -0.15) is 0 Å². The summed E-state index contributed by atoms with van der Waals surface area (Å²) in [7, 11) is 0. The molecule has 69 heavy (non-hydrogen) atoms. The minimum absolute atomic E-state index is 0.145. The summed E-state index contributed by atoms with van der Waals surface area (Å²) in [6.07, 6.45) is 47.7. The van der Waals surface area contributed by atoms with E-state index in [1.54, 1.807) is 0 Å². The molecule has 1 heterocycles. The van der Waals surface area contributed by atoms with Crippen LogP contribution < -0.4 is 11.5 Å². The van der Waals surface area contributed by atoms with Crippen LogP contribution in [-0.2, 0) is 19.0 Å². The van der Waals surface area contributed by atoms with Crippen LogP contribution in [0.3, 0.4) is 0 Å². The highest BCUT2D eigenvalue weighted by atomic mass is 16.6. The van der Waals surface area contributed by atoms with Gasteiger partial charge in [-0.3, -0.25) is 4.79 Å². The van der Waals surface area contributed by atoms with E-state index in [1.165, 1.54) is 103 Å². The van der Waals surface area contributed by atoms with Crippen molar-refractivity contribution in [2.45, 2.75) is 217 Å². The number of amides is 2. The first-order valence-electron chi connectivity index (χ1n) is 27.9. The summed E-state index contributed by atoms with van der Waals surface area (Å²) in [5, 5.41) is 0. The van der Waals surface area contributed by atoms with Crippen molar-refractivity contribution in [1.29, 1.82) is 0 Å². The number of rotatable bonds is 40. The zero-order valence-corrected chi connectivity index (χ0v) is 43.4. The third-order valence-corrected chi connectivity index (χ3v) is 14.1. The Bertz CT molecular complexity index is 1700. The van der Waals surface area contributed by atoms with Gasteiger partial charge in [0.1, 0.15) is 12.2 Å². The molecule has 2 aliphatic rings.